The van der Waals surface area contributed by atoms with Crippen molar-refractivity contribution in [3.63, 3.8) is 0 Å². The first-order chi connectivity index (χ1) is 11.4. The van der Waals surface area contributed by atoms with Gasteiger partial charge in [0.1, 0.15) is 5.82 Å². The molecule has 0 aliphatic rings. The van der Waals surface area contributed by atoms with Gasteiger partial charge in [-0.15, -0.1) is 0 Å². The Morgan fingerprint density at radius 3 is 2.50 bits per heavy atom. The fourth-order valence-corrected chi connectivity index (χ4v) is 2.89. The van der Waals surface area contributed by atoms with Gasteiger partial charge in [0, 0.05) is 8.95 Å². The molecule has 1 unspecified atom stereocenters. The van der Waals surface area contributed by atoms with Crippen molar-refractivity contribution in [1.82, 2.24) is 5.32 Å². The Bertz CT molecular complexity index is 767. The lowest BCUT2D eigenvalue weighted by atomic mass is 10.0. The van der Waals surface area contributed by atoms with Gasteiger partial charge < -0.3 is 10.1 Å². The van der Waals surface area contributed by atoms with Crippen LogP contribution >= 0.6 is 31.9 Å². The van der Waals surface area contributed by atoms with E-state index in [1.807, 2.05) is 6.07 Å². The van der Waals surface area contributed by atoms with E-state index in [4.69, 9.17) is 0 Å². The molecule has 0 saturated carbocycles. The van der Waals surface area contributed by atoms with E-state index in [0.717, 1.165) is 4.47 Å². The number of ether oxygens (including phenoxy) is 1. The van der Waals surface area contributed by atoms with Crippen molar-refractivity contribution in [1.29, 1.82) is 0 Å². The number of hydrogen-bond acceptors (Lipinski definition) is 3. The normalized spacial score (nSPS) is 11.7. The summed E-state index contributed by atoms with van der Waals surface area (Å²) in [4.78, 5) is 24.0. The highest BCUT2D eigenvalue weighted by Crippen LogP contribution is 2.23. The lowest BCUT2D eigenvalue weighted by molar-refractivity contribution is -0.141. The molecular weight excluding hydrogens is 445 g/mol. The van der Waals surface area contributed by atoms with Gasteiger partial charge in [0.25, 0.3) is 5.91 Å². The Labute approximate surface area is 155 Å². The fraction of sp³-hybridized carbons (Fsp3) is 0.176. The van der Waals surface area contributed by atoms with Crippen molar-refractivity contribution in [3.8, 4) is 0 Å². The summed E-state index contributed by atoms with van der Waals surface area (Å²) < 4.78 is 20.0. The largest absolute Gasteiger partial charge is 0.469 e. The van der Waals surface area contributed by atoms with Crippen LogP contribution in [0.15, 0.2) is 51.4 Å². The van der Waals surface area contributed by atoms with Crippen LogP contribution in [0.3, 0.4) is 0 Å². The fourth-order valence-electron chi connectivity index (χ4n) is 2.14. The average Bonchev–Trinajstić information content (AvgIpc) is 2.53. The molecule has 2 aromatic carbocycles. The van der Waals surface area contributed by atoms with Crippen molar-refractivity contribution < 1.29 is 18.7 Å². The van der Waals surface area contributed by atoms with E-state index in [-0.39, 0.29) is 12.0 Å². The van der Waals surface area contributed by atoms with Gasteiger partial charge in [0.05, 0.1) is 25.1 Å². The molecule has 0 spiro atoms. The molecule has 2 aromatic rings. The second-order valence-corrected chi connectivity index (χ2v) is 6.82. The Balaban J connectivity index is 2.27. The van der Waals surface area contributed by atoms with Gasteiger partial charge in [-0.2, -0.15) is 0 Å². The Kier molecular flexibility index (Phi) is 6.51. The van der Waals surface area contributed by atoms with Crippen molar-refractivity contribution in [2.45, 2.75) is 12.5 Å². The first-order valence-electron chi connectivity index (χ1n) is 6.99. The predicted molar refractivity (Wildman–Crippen MR) is 95.1 cm³/mol. The van der Waals surface area contributed by atoms with Crippen molar-refractivity contribution >= 4 is 43.7 Å². The summed E-state index contributed by atoms with van der Waals surface area (Å²) in [5, 5.41) is 2.69. The maximum atomic E-state index is 14.0. The number of benzene rings is 2. The maximum Gasteiger partial charge on any atom is 0.307 e. The molecule has 1 N–H and O–H groups in total. The SMILES string of the molecule is COC(=O)CC(NC(=O)c1ccc(Br)cc1F)c1cccc(Br)c1. The van der Waals surface area contributed by atoms with E-state index in [2.05, 4.69) is 41.9 Å². The van der Waals surface area contributed by atoms with Gasteiger partial charge in [0.2, 0.25) is 0 Å². The van der Waals surface area contributed by atoms with Crippen LogP contribution in [0, 0.1) is 5.82 Å². The highest BCUT2D eigenvalue weighted by molar-refractivity contribution is 9.10. The molecule has 1 amide bonds. The second kappa shape index (κ2) is 8.39. The highest BCUT2D eigenvalue weighted by atomic mass is 79.9. The van der Waals surface area contributed by atoms with Gasteiger partial charge in [-0.1, -0.05) is 44.0 Å². The number of rotatable bonds is 5. The van der Waals surface area contributed by atoms with Crippen LogP contribution in [0.1, 0.15) is 28.4 Å². The zero-order valence-electron chi connectivity index (χ0n) is 12.7. The van der Waals surface area contributed by atoms with Gasteiger partial charge >= 0.3 is 5.97 Å². The second-order valence-electron chi connectivity index (χ2n) is 4.99. The third-order valence-electron chi connectivity index (χ3n) is 3.33. The summed E-state index contributed by atoms with van der Waals surface area (Å²) in [5.74, 6) is -1.72. The van der Waals surface area contributed by atoms with Gasteiger partial charge in [-0.25, -0.2) is 4.39 Å². The third kappa shape index (κ3) is 4.88. The van der Waals surface area contributed by atoms with E-state index in [1.165, 1.54) is 19.2 Å². The molecule has 7 heteroatoms. The number of nitrogens with one attached hydrogen (secondary N) is 1. The van der Waals surface area contributed by atoms with Crippen molar-refractivity contribution in [2.75, 3.05) is 7.11 Å². The molecule has 24 heavy (non-hydrogen) atoms. The Morgan fingerprint density at radius 2 is 1.88 bits per heavy atom. The number of esters is 1. The monoisotopic (exact) mass is 457 g/mol. The summed E-state index contributed by atoms with van der Waals surface area (Å²) in [6, 6.07) is 10.7. The van der Waals surface area contributed by atoms with E-state index in [0.29, 0.717) is 10.0 Å². The molecule has 0 radical (unpaired) electrons. The molecule has 0 aliphatic heterocycles. The van der Waals surface area contributed by atoms with Gasteiger partial charge in [-0.05, 0) is 35.9 Å². The minimum atomic E-state index is -0.645. The third-order valence-corrected chi connectivity index (χ3v) is 4.32. The van der Waals surface area contributed by atoms with E-state index < -0.39 is 23.7 Å². The van der Waals surface area contributed by atoms with Crippen LogP contribution in [0.5, 0.6) is 0 Å². The number of carbonyl (C=O) groups is 2. The van der Waals surface area contributed by atoms with Crippen LogP contribution in [0.2, 0.25) is 0 Å². The van der Waals surface area contributed by atoms with Crippen LogP contribution in [0.25, 0.3) is 0 Å². The van der Waals surface area contributed by atoms with E-state index in [1.54, 1.807) is 24.3 Å². The summed E-state index contributed by atoms with van der Waals surface area (Å²) >= 11 is 6.50. The number of carbonyl (C=O) groups excluding carboxylic acids is 2. The van der Waals surface area contributed by atoms with Crippen molar-refractivity contribution in [3.05, 3.63) is 68.4 Å². The van der Waals surface area contributed by atoms with Crippen LogP contribution in [0.4, 0.5) is 4.39 Å². The molecule has 1 atom stereocenters. The molecule has 2 rings (SSSR count). The first kappa shape index (κ1) is 18.6. The average molecular weight is 459 g/mol. The molecule has 126 valence electrons. The number of amides is 1. The molecule has 0 fully saturated rings. The lowest BCUT2D eigenvalue weighted by Gasteiger charge is -2.19. The summed E-state index contributed by atoms with van der Waals surface area (Å²) in [5.41, 5.74) is 0.615. The van der Waals surface area contributed by atoms with Crippen LogP contribution in [-0.2, 0) is 9.53 Å². The summed E-state index contributed by atoms with van der Waals surface area (Å²) in [6.07, 6.45) is -0.0587. The molecule has 0 aromatic heterocycles. The smallest absolute Gasteiger partial charge is 0.307 e. The standard InChI is InChI=1S/C17H14Br2FNO3/c1-24-16(22)9-15(10-3-2-4-11(18)7-10)21-17(23)13-6-5-12(19)8-14(13)20/h2-8,15H,9H2,1H3,(H,21,23). The van der Waals surface area contributed by atoms with Crippen LogP contribution < -0.4 is 5.32 Å². The minimum Gasteiger partial charge on any atom is -0.469 e. The molecule has 0 heterocycles. The number of hydrogen-bond donors (Lipinski definition) is 1. The minimum absolute atomic E-state index is 0.0587. The highest BCUT2D eigenvalue weighted by Gasteiger charge is 2.21. The first-order valence-corrected chi connectivity index (χ1v) is 8.57. The zero-order chi connectivity index (χ0) is 17.7. The summed E-state index contributed by atoms with van der Waals surface area (Å²) in [7, 11) is 1.27. The number of methoxy groups -OCH3 is 1. The molecule has 4 nitrogen and oxygen atoms in total. The predicted octanol–water partition coefficient (Wildman–Crippen LogP) is 4.38. The van der Waals surface area contributed by atoms with Gasteiger partial charge in [0.15, 0.2) is 0 Å². The Hall–Kier alpha value is -1.73. The number of halogens is 3. The topological polar surface area (TPSA) is 55.4 Å². The van der Waals surface area contributed by atoms with Gasteiger partial charge in [-0.3, -0.25) is 9.59 Å². The van der Waals surface area contributed by atoms with Crippen LogP contribution in [-0.4, -0.2) is 19.0 Å². The molecule has 0 bridgehead atoms. The zero-order valence-corrected chi connectivity index (χ0v) is 15.9. The Morgan fingerprint density at radius 1 is 1.17 bits per heavy atom. The molecule has 0 aliphatic carbocycles. The molecular formula is C17H14Br2FNO3. The molecule has 0 saturated heterocycles. The maximum absolute atomic E-state index is 14.0. The summed E-state index contributed by atoms with van der Waals surface area (Å²) in [6.45, 7) is 0. The van der Waals surface area contributed by atoms with E-state index >= 15 is 0 Å². The lowest BCUT2D eigenvalue weighted by Crippen LogP contribution is -2.31. The quantitative estimate of drug-likeness (QED) is 0.676. The van der Waals surface area contributed by atoms with Crippen molar-refractivity contribution in [2.24, 2.45) is 0 Å². The van der Waals surface area contributed by atoms with E-state index in [9.17, 15) is 14.0 Å².